The van der Waals surface area contributed by atoms with Gasteiger partial charge in [0.15, 0.2) is 0 Å². The predicted octanol–water partition coefficient (Wildman–Crippen LogP) is 5.27. The van der Waals surface area contributed by atoms with Gasteiger partial charge in [0.2, 0.25) is 0 Å². The van der Waals surface area contributed by atoms with Crippen molar-refractivity contribution >= 4 is 49.4 Å². The van der Waals surface area contributed by atoms with Crippen molar-refractivity contribution in [2.24, 2.45) is 0 Å². The van der Waals surface area contributed by atoms with Crippen molar-refractivity contribution in [3.05, 3.63) is 89.4 Å². The molecule has 0 aliphatic carbocycles. The third-order valence-electron chi connectivity index (χ3n) is 3.95. The highest BCUT2D eigenvalue weighted by Gasteiger charge is 2.13. The quantitative estimate of drug-likeness (QED) is 0.503. The van der Waals surface area contributed by atoms with Crippen LogP contribution in [0.5, 0.6) is 0 Å². The van der Waals surface area contributed by atoms with Gasteiger partial charge < -0.3 is 0 Å². The highest BCUT2D eigenvalue weighted by Crippen LogP contribution is 2.23. The molecule has 0 fully saturated rings. The number of benzene rings is 3. The molecule has 1 heterocycles. The monoisotopic (exact) mass is 392 g/mol. The Morgan fingerprint density at radius 3 is 2.26 bits per heavy atom. The highest BCUT2D eigenvalue weighted by atomic mass is 32.2. The lowest BCUT2D eigenvalue weighted by Gasteiger charge is -2.08. The number of hydrogen-bond donors (Lipinski definition) is 1. The Labute approximate surface area is 161 Å². The van der Waals surface area contributed by atoms with E-state index in [1.165, 1.54) is 0 Å². The van der Waals surface area contributed by atoms with Crippen LogP contribution in [0, 0.1) is 0 Å². The Morgan fingerprint density at radius 1 is 0.815 bits per heavy atom. The summed E-state index contributed by atoms with van der Waals surface area (Å²) >= 11 is 1.62. The highest BCUT2D eigenvalue weighted by molar-refractivity contribution is 7.92. The molecule has 0 bridgehead atoms. The first-order chi connectivity index (χ1) is 13.1. The average molecular weight is 393 g/mol. The van der Waals surface area contributed by atoms with Crippen LogP contribution in [-0.2, 0) is 10.0 Å². The molecule has 0 unspecified atom stereocenters. The first-order valence-corrected chi connectivity index (χ1v) is 10.6. The second kappa shape index (κ2) is 7.34. The second-order valence-electron chi connectivity index (χ2n) is 5.89. The van der Waals surface area contributed by atoms with E-state index in [-0.39, 0.29) is 4.90 Å². The van der Waals surface area contributed by atoms with Gasteiger partial charge in [-0.2, -0.15) is 0 Å². The molecular formula is C21H16N2O2S2. The molecule has 0 saturated heterocycles. The van der Waals surface area contributed by atoms with Crippen LogP contribution in [0.3, 0.4) is 0 Å². The number of fused-ring (bicyclic) bond motifs is 1. The summed E-state index contributed by atoms with van der Waals surface area (Å²) in [6.45, 7) is 0. The molecule has 6 heteroatoms. The van der Waals surface area contributed by atoms with Crippen LogP contribution in [0.2, 0.25) is 0 Å². The number of sulfonamides is 1. The minimum atomic E-state index is -3.60. The summed E-state index contributed by atoms with van der Waals surface area (Å²) in [6, 6.07) is 23.6. The van der Waals surface area contributed by atoms with Crippen molar-refractivity contribution in [3.63, 3.8) is 0 Å². The van der Waals surface area contributed by atoms with Gasteiger partial charge in [-0.05, 0) is 48.0 Å². The molecule has 4 nitrogen and oxygen atoms in total. The summed E-state index contributed by atoms with van der Waals surface area (Å²) < 4.78 is 28.6. The molecule has 0 aliphatic heterocycles. The Balaban J connectivity index is 1.51. The van der Waals surface area contributed by atoms with Crippen LogP contribution in [0.1, 0.15) is 10.6 Å². The third kappa shape index (κ3) is 4.07. The van der Waals surface area contributed by atoms with Crippen LogP contribution in [0.25, 0.3) is 22.4 Å². The lowest BCUT2D eigenvalue weighted by atomic mass is 10.2. The molecule has 1 aromatic heterocycles. The van der Waals surface area contributed by atoms with Crippen LogP contribution in [-0.4, -0.2) is 13.4 Å². The van der Waals surface area contributed by atoms with E-state index in [4.69, 9.17) is 0 Å². The van der Waals surface area contributed by atoms with E-state index >= 15 is 0 Å². The minimum Gasteiger partial charge on any atom is -0.280 e. The van der Waals surface area contributed by atoms with Crippen LogP contribution in [0.4, 0.5) is 5.69 Å². The number of thiazole rings is 1. The van der Waals surface area contributed by atoms with E-state index in [0.29, 0.717) is 5.69 Å². The Kier molecular flexibility index (Phi) is 4.75. The number of nitrogens with one attached hydrogen (secondary N) is 1. The molecule has 0 spiro atoms. The fourth-order valence-corrected chi connectivity index (χ4v) is 4.54. The Morgan fingerprint density at radius 2 is 1.52 bits per heavy atom. The molecule has 0 aliphatic rings. The number of rotatable bonds is 5. The SMILES string of the molecule is O=S(=O)(Nc1ccccc1)c1ccc(/C=C/c2nc3ccccc3s2)cc1. The summed E-state index contributed by atoms with van der Waals surface area (Å²) in [6.07, 6.45) is 3.87. The fraction of sp³-hybridized carbons (Fsp3) is 0. The van der Waals surface area contributed by atoms with Gasteiger partial charge in [0.1, 0.15) is 5.01 Å². The maximum atomic E-state index is 12.5. The topological polar surface area (TPSA) is 59.1 Å². The van der Waals surface area contributed by atoms with E-state index < -0.39 is 10.0 Å². The van der Waals surface area contributed by atoms with Crippen LogP contribution >= 0.6 is 11.3 Å². The smallest absolute Gasteiger partial charge is 0.261 e. The van der Waals surface area contributed by atoms with Crippen molar-refractivity contribution in [2.45, 2.75) is 4.90 Å². The largest absolute Gasteiger partial charge is 0.280 e. The molecule has 4 aromatic rings. The first-order valence-electron chi connectivity index (χ1n) is 8.32. The summed E-state index contributed by atoms with van der Waals surface area (Å²) in [5.41, 5.74) is 2.43. The van der Waals surface area contributed by atoms with E-state index in [9.17, 15) is 8.42 Å². The fourth-order valence-electron chi connectivity index (χ4n) is 2.61. The molecular weight excluding hydrogens is 376 g/mol. The van der Waals surface area contributed by atoms with Crippen molar-refractivity contribution in [1.29, 1.82) is 0 Å². The molecule has 134 valence electrons. The summed E-state index contributed by atoms with van der Waals surface area (Å²) in [5.74, 6) is 0. The molecule has 4 rings (SSSR count). The second-order valence-corrected chi connectivity index (χ2v) is 8.64. The van der Waals surface area contributed by atoms with Gasteiger partial charge in [0.05, 0.1) is 15.1 Å². The van der Waals surface area contributed by atoms with E-state index in [1.807, 2.05) is 42.5 Å². The minimum absolute atomic E-state index is 0.225. The molecule has 3 aromatic carbocycles. The Bertz CT molecular complexity index is 1160. The maximum Gasteiger partial charge on any atom is 0.261 e. The van der Waals surface area contributed by atoms with Crippen molar-refractivity contribution in [1.82, 2.24) is 4.98 Å². The van der Waals surface area contributed by atoms with Gasteiger partial charge >= 0.3 is 0 Å². The van der Waals surface area contributed by atoms with Gasteiger partial charge in [-0.25, -0.2) is 13.4 Å². The normalized spacial score (nSPS) is 11.9. The van der Waals surface area contributed by atoms with E-state index in [0.717, 1.165) is 20.8 Å². The Hall–Kier alpha value is -2.96. The molecule has 0 atom stereocenters. The molecule has 0 amide bonds. The summed E-state index contributed by atoms with van der Waals surface area (Å²) in [5, 5.41) is 0.915. The standard InChI is InChI=1S/C21H16N2O2S2/c24-27(25,23-17-6-2-1-3-7-17)18-13-10-16(11-14-18)12-15-21-22-19-8-4-5-9-20(19)26-21/h1-15,23H/b15-12+. The van der Waals surface area contributed by atoms with Crippen molar-refractivity contribution in [3.8, 4) is 0 Å². The first kappa shape index (κ1) is 17.5. The zero-order valence-electron chi connectivity index (χ0n) is 14.2. The average Bonchev–Trinajstić information content (AvgIpc) is 3.10. The van der Waals surface area contributed by atoms with Crippen LogP contribution < -0.4 is 4.72 Å². The number of nitrogens with zero attached hydrogens (tertiary/aromatic N) is 1. The molecule has 0 radical (unpaired) electrons. The zero-order valence-corrected chi connectivity index (χ0v) is 15.9. The van der Waals surface area contributed by atoms with E-state index in [1.54, 1.807) is 59.9 Å². The summed E-state index contributed by atoms with van der Waals surface area (Å²) in [7, 11) is -3.60. The lowest BCUT2D eigenvalue weighted by molar-refractivity contribution is 0.601. The number of hydrogen-bond acceptors (Lipinski definition) is 4. The van der Waals surface area contributed by atoms with Gasteiger partial charge in [0, 0.05) is 5.69 Å². The van der Waals surface area contributed by atoms with Gasteiger partial charge in [-0.1, -0.05) is 48.5 Å². The lowest BCUT2D eigenvalue weighted by Crippen LogP contribution is -2.12. The molecule has 0 saturated carbocycles. The van der Waals surface area contributed by atoms with Gasteiger partial charge in [0.25, 0.3) is 10.0 Å². The van der Waals surface area contributed by atoms with Gasteiger partial charge in [-0.3, -0.25) is 4.72 Å². The van der Waals surface area contributed by atoms with Gasteiger partial charge in [-0.15, -0.1) is 11.3 Å². The zero-order chi connectivity index (χ0) is 18.7. The third-order valence-corrected chi connectivity index (χ3v) is 6.34. The van der Waals surface area contributed by atoms with Crippen molar-refractivity contribution < 1.29 is 8.42 Å². The molecule has 27 heavy (non-hydrogen) atoms. The van der Waals surface area contributed by atoms with Crippen LogP contribution in [0.15, 0.2) is 83.8 Å². The predicted molar refractivity (Wildman–Crippen MR) is 112 cm³/mol. The maximum absolute atomic E-state index is 12.5. The number of aromatic nitrogens is 1. The van der Waals surface area contributed by atoms with Crippen molar-refractivity contribution in [2.75, 3.05) is 4.72 Å². The van der Waals surface area contributed by atoms with E-state index in [2.05, 4.69) is 9.71 Å². The molecule has 1 N–H and O–H groups in total. The number of para-hydroxylation sites is 2. The summed E-state index contributed by atoms with van der Waals surface area (Å²) in [4.78, 5) is 4.78. The number of anilines is 1.